The van der Waals surface area contributed by atoms with Crippen LogP contribution in [0.5, 0.6) is 0 Å². The highest BCUT2D eigenvalue weighted by Crippen LogP contribution is 2.32. The monoisotopic (exact) mass is 290 g/mol. The number of carbonyl (C=O) groups is 1. The molecule has 1 heterocycles. The van der Waals surface area contributed by atoms with Crippen LogP contribution >= 0.6 is 11.3 Å². The standard InChI is InChI=1S/C15H18N2O2S/c1-10(14-5-4-8-20-14)17(2)13-7-6-11(9-12(13)16)15(18)19-3/h4-10H,16H2,1-3H3. The molecule has 0 radical (unpaired) electrons. The van der Waals surface area contributed by atoms with Crippen LogP contribution in [-0.2, 0) is 4.74 Å². The summed E-state index contributed by atoms with van der Waals surface area (Å²) in [5.74, 6) is -0.378. The van der Waals surface area contributed by atoms with Gasteiger partial charge in [-0.3, -0.25) is 0 Å². The number of ether oxygens (including phenoxy) is 1. The third kappa shape index (κ3) is 2.77. The van der Waals surface area contributed by atoms with Crippen LogP contribution in [0.4, 0.5) is 11.4 Å². The maximum absolute atomic E-state index is 11.5. The van der Waals surface area contributed by atoms with Crippen LogP contribution in [0, 0.1) is 0 Å². The van der Waals surface area contributed by atoms with Gasteiger partial charge in [-0.1, -0.05) is 6.07 Å². The first-order chi connectivity index (χ1) is 9.54. The van der Waals surface area contributed by atoms with Crippen molar-refractivity contribution in [3.05, 3.63) is 46.2 Å². The summed E-state index contributed by atoms with van der Waals surface area (Å²) in [6, 6.07) is 9.60. The highest BCUT2D eigenvalue weighted by molar-refractivity contribution is 7.10. The van der Waals surface area contributed by atoms with Crippen LogP contribution in [-0.4, -0.2) is 20.1 Å². The van der Waals surface area contributed by atoms with Gasteiger partial charge in [-0.2, -0.15) is 0 Å². The van der Waals surface area contributed by atoms with Crippen LogP contribution in [0.25, 0.3) is 0 Å². The summed E-state index contributed by atoms with van der Waals surface area (Å²) < 4.78 is 4.69. The van der Waals surface area contributed by atoms with Crippen LogP contribution in [0.3, 0.4) is 0 Å². The summed E-state index contributed by atoms with van der Waals surface area (Å²) in [7, 11) is 3.35. The third-order valence-corrected chi connectivity index (χ3v) is 4.41. The van der Waals surface area contributed by atoms with E-state index >= 15 is 0 Å². The normalized spacial score (nSPS) is 11.9. The molecule has 1 unspecified atom stereocenters. The fraction of sp³-hybridized carbons (Fsp3) is 0.267. The zero-order valence-corrected chi connectivity index (χ0v) is 12.6. The molecule has 5 heteroatoms. The summed E-state index contributed by atoms with van der Waals surface area (Å²) in [6.07, 6.45) is 0. The van der Waals surface area contributed by atoms with Crippen molar-refractivity contribution in [1.29, 1.82) is 0 Å². The molecule has 0 aliphatic heterocycles. The number of rotatable bonds is 4. The van der Waals surface area contributed by atoms with Gasteiger partial charge in [0.05, 0.1) is 30.1 Å². The molecule has 4 nitrogen and oxygen atoms in total. The number of esters is 1. The summed E-state index contributed by atoms with van der Waals surface area (Å²) >= 11 is 1.71. The Balaban J connectivity index is 2.26. The first kappa shape index (κ1) is 14.4. The van der Waals surface area contributed by atoms with E-state index in [1.807, 2.05) is 19.2 Å². The Kier molecular flexibility index (Phi) is 4.29. The van der Waals surface area contributed by atoms with E-state index in [1.54, 1.807) is 23.5 Å². The Morgan fingerprint density at radius 2 is 2.15 bits per heavy atom. The second kappa shape index (κ2) is 5.96. The number of methoxy groups -OCH3 is 1. The minimum Gasteiger partial charge on any atom is -0.465 e. The van der Waals surface area contributed by atoms with Crippen molar-refractivity contribution in [3.8, 4) is 0 Å². The number of hydrogen-bond donors (Lipinski definition) is 1. The Hall–Kier alpha value is -2.01. The number of hydrogen-bond acceptors (Lipinski definition) is 5. The van der Waals surface area contributed by atoms with E-state index in [0.29, 0.717) is 11.3 Å². The molecule has 1 aromatic heterocycles. The first-order valence-electron chi connectivity index (χ1n) is 6.28. The second-order valence-electron chi connectivity index (χ2n) is 4.57. The SMILES string of the molecule is COC(=O)c1ccc(N(C)C(C)c2cccs2)c(N)c1. The molecule has 20 heavy (non-hydrogen) atoms. The molecule has 0 fully saturated rings. The smallest absolute Gasteiger partial charge is 0.337 e. The number of nitrogens with two attached hydrogens (primary N) is 1. The average Bonchev–Trinajstić information content (AvgIpc) is 2.99. The molecule has 2 N–H and O–H groups in total. The number of anilines is 2. The minimum atomic E-state index is -0.378. The molecule has 0 spiro atoms. The topological polar surface area (TPSA) is 55.6 Å². The van der Waals surface area contributed by atoms with Crippen molar-refractivity contribution in [3.63, 3.8) is 0 Å². The Morgan fingerprint density at radius 3 is 2.70 bits per heavy atom. The van der Waals surface area contributed by atoms with Crippen molar-refractivity contribution in [2.45, 2.75) is 13.0 Å². The molecule has 2 rings (SSSR count). The van der Waals surface area contributed by atoms with Gasteiger partial charge in [0.2, 0.25) is 0 Å². The van der Waals surface area contributed by atoms with Crippen LogP contribution in [0.2, 0.25) is 0 Å². The van der Waals surface area contributed by atoms with E-state index in [2.05, 4.69) is 23.3 Å². The average molecular weight is 290 g/mol. The van der Waals surface area contributed by atoms with E-state index in [1.165, 1.54) is 12.0 Å². The molecule has 0 aliphatic rings. The van der Waals surface area contributed by atoms with E-state index in [-0.39, 0.29) is 12.0 Å². The van der Waals surface area contributed by atoms with Gasteiger partial charge in [-0.25, -0.2) is 4.79 Å². The van der Waals surface area contributed by atoms with Gasteiger partial charge in [-0.15, -0.1) is 11.3 Å². The van der Waals surface area contributed by atoms with E-state index in [9.17, 15) is 4.79 Å². The van der Waals surface area contributed by atoms with Crippen molar-refractivity contribution in [1.82, 2.24) is 0 Å². The highest BCUT2D eigenvalue weighted by Gasteiger charge is 2.16. The quantitative estimate of drug-likeness (QED) is 0.693. The van der Waals surface area contributed by atoms with Crippen LogP contribution in [0.15, 0.2) is 35.7 Å². The van der Waals surface area contributed by atoms with Crippen molar-refractivity contribution in [2.75, 3.05) is 24.8 Å². The summed E-state index contributed by atoms with van der Waals surface area (Å²) in [5.41, 5.74) is 7.99. The van der Waals surface area contributed by atoms with Crippen LogP contribution in [0.1, 0.15) is 28.2 Å². The molecule has 106 valence electrons. The maximum atomic E-state index is 11.5. The number of carbonyl (C=O) groups excluding carboxylic acids is 1. The maximum Gasteiger partial charge on any atom is 0.337 e. The molecule has 1 atom stereocenters. The first-order valence-corrected chi connectivity index (χ1v) is 7.16. The number of nitrogens with zero attached hydrogens (tertiary/aromatic N) is 1. The predicted octanol–water partition coefficient (Wildman–Crippen LogP) is 3.31. The van der Waals surface area contributed by atoms with Gasteiger partial charge >= 0.3 is 5.97 Å². The third-order valence-electron chi connectivity index (χ3n) is 3.36. The van der Waals surface area contributed by atoms with Gasteiger partial charge in [0.1, 0.15) is 0 Å². The zero-order chi connectivity index (χ0) is 14.7. The van der Waals surface area contributed by atoms with E-state index in [4.69, 9.17) is 10.5 Å². The Bertz CT molecular complexity index is 596. The molecule has 0 saturated carbocycles. The van der Waals surface area contributed by atoms with Gasteiger partial charge < -0.3 is 15.4 Å². The lowest BCUT2D eigenvalue weighted by atomic mass is 10.1. The lowest BCUT2D eigenvalue weighted by Gasteiger charge is -2.27. The lowest BCUT2D eigenvalue weighted by molar-refractivity contribution is 0.0601. The van der Waals surface area contributed by atoms with Crippen molar-refractivity contribution >= 4 is 28.7 Å². The predicted molar refractivity (Wildman–Crippen MR) is 83.3 cm³/mol. The number of benzene rings is 1. The van der Waals surface area contributed by atoms with Gasteiger partial charge in [-0.05, 0) is 36.6 Å². The van der Waals surface area contributed by atoms with E-state index in [0.717, 1.165) is 5.69 Å². The molecule has 0 aliphatic carbocycles. The lowest BCUT2D eigenvalue weighted by Crippen LogP contribution is -2.22. The largest absolute Gasteiger partial charge is 0.465 e. The van der Waals surface area contributed by atoms with Gasteiger partial charge in [0.25, 0.3) is 0 Å². The zero-order valence-electron chi connectivity index (χ0n) is 11.8. The minimum absolute atomic E-state index is 0.223. The van der Waals surface area contributed by atoms with Gasteiger partial charge in [0.15, 0.2) is 0 Å². The highest BCUT2D eigenvalue weighted by atomic mass is 32.1. The van der Waals surface area contributed by atoms with E-state index < -0.39 is 0 Å². The van der Waals surface area contributed by atoms with Crippen molar-refractivity contribution < 1.29 is 9.53 Å². The molecule has 0 amide bonds. The fourth-order valence-corrected chi connectivity index (χ4v) is 2.88. The summed E-state index contributed by atoms with van der Waals surface area (Å²) in [4.78, 5) is 14.8. The summed E-state index contributed by atoms with van der Waals surface area (Å²) in [5, 5.41) is 2.06. The molecule has 0 bridgehead atoms. The molecular formula is C15H18N2O2S. The van der Waals surface area contributed by atoms with Gasteiger partial charge in [0, 0.05) is 11.9 Å². The molecule has 1 aromatic carbocycles. The molecule has 0 saturated heterocycles. The number of thiophene rings is 1. The molecular weight excluding hydrogens is 272 g/mol. The molecule has 2 aromatic rings. The fourth-order valence-electron chi connectivity index (χ4n) is 2.05. The number of nitrogen functional groups attached to an aromatic ring is 1. The Labute approximate surface area is 122 Å². The second-order valence-corrected chi connectivity index (χ2v) is 5.55. The van der Waals surface area contributed by atoms with Crippen LogP contribution < -0.4 is 10.6 Å². The Morgan fingerprint density at radius 1 is 1.40 bits per heavy atom. The van der Waals surface area contributed by atoms with Crippen molar-refractivity contribution in [2.24, 2.45) is 0 Å². The summed E-state index contributed by atoms with van der Waals surface area (Å²) in [6.45, 7) is 2.12.